The Kier molecular flexibility index (Phi) is 4.59. The van der Waals surface area contributed by atoms with Crippen molar-refractivity contribution in [2.75, 3.05) is 19.6 Å². The van der Waals surface area contributed by atoms with Gasteiger partial charge in [0.2, 0.25) is 5.91 Å². The van der Waals surface area contributed by atoms with Gasteiger partial charge in [0.1, 0.15) is 0 Å². The molecule has 1 aromatic carbocycles. The summed E-state index contributed by atoms with van der Waals surface area (Å²) in [6.45, 7) is 4.07. The normalized spacial score (nSPS) is 17.9. The standard InChI is InChI=1S/C18H23N3O2/c1-12-7-15(11-22)16-4-2-3-14(18(16)20-12)8-17(23)21-6-5-13(9-19)10-21/h2-4,7,13,22H,5-6,8-11,19H2,1H3/t13-/m0/s1. The first-order valence-corrected chi connectivity index (χ1v) is 8.09. The van der Waals surface area contributed by atoms with Crippen molar-refractivity contribution in [2.24, 2.45) is 11.7 Å². The first kappa shape index (κ1) is 15.9. The average Bonchev–Trinajstić information content (AvgIpc) is 3.04. The van der Waals surface area contributed by atoms with Crippen LogP contribution in [0.15, 0.2) is 24.3 Å². The lowest BCUT2D eigenvalue weighted by molar-refractivity contribution is -0.129. The molecule has 1 fully saturated rings. The zero-order valence-electron chi connectivity index (χ0n) is 13.5. The maximum absolute atomic E-state index is 12.6. The Morgan fingerprint density at radius 1 is 1.43 bits per heavy atom. The maximum Gasteiger partial charge on any atom is 0.227 e. The Morgan fingerprint density at radius 3 is 2.96 bits per heavy atom. The van der Waals surface area contributed by atoms with Crippen molar-refractivity contribution < 1.29 is 9.90 Å². The van der Waals surface area contributed by atoms with Gasteiger partial charge in [-0.15, -0.1) is 0 Å². The minimum Gasteiger partial charge on any atom is -0.392 e. The van der Waals surface area contributed by atoms with E-state index in [0.717, 1.165) is 47.2 Å². The summed E-state index contributed by atoms with van der Waals surface area (Å²) in [4.78, 5) is 19.1. The topological polar surface area (TPSA) is 79.5 Å². The molecule has 5 nitrogen and oxygen atoms in total. The van der Waals surface area contributed by atoms with Crippen LogP contribution in [-0.4, -0.2) is 40.5 Å². The second-order valence-corrected chi connectivity index (χ2v) is 6.30. The number of hydrogen-bond donors (Lipinski definition) is 2. The van der Waals surface area contributed by atoms with Gasteiger partial charge in [-0.05, 0) is 43.0 Å². The summed E-state index contributed by atoms with van der Waals surface area (Å²) in [6, 6.07) is 7.71. The number of hydrogen-bond acceptors (Lipinski definition) is 4. The van der Waals surface area contributed by atoms with Crippen LogP contribution in [0.3, 0.4) is 0 Å². The Balaban J connectivity index is 1.88. The van der Waals surface area contributed by atoms with Gasteiger partial charge >= 0.3 is 0 Å². The van der Waals surface area contributed by atoms with Crippen LogP contribution < -0.4 is 5.73 Å². The van der Waals surface area contributed by atoms with Crippen LogP contribution in [0.25, 0.3) is 10.9 Å². The van der Waals surface area contributed by atoms with Crippen molar-refractivity contribution >= 4 is 16.8 Å². The van der Waals surface area contributed by atoms with Crippen LogP contribution in [0, 0.1) is 12.8 Å². The number of benzene rings is 1. The van der Waals surface area contributed by atoms with Gasteiger partial charge in [-0.2, -0.15) is 0 Å². The zero-order chi connectivity index (χ0) is 16.4. The van der Waals surface area contributed by atoms with Crippen molar-refractivity contribution in [3.8, 4) is 0 Å². The molecular formula is C18H23N3O2. The molecule has 122 valence electrons. The fourth-order valence-corrected chi connectivity index (χ4v) is 3.32. The van der Waals surface area contributed by atoms with Crippen molar-refractivity contribution in [1.29, 1.82) is 0 Å². The molecule has 1 saturated heterocycles. The van der Waals surface area contributed by atoms with Gasteiger partial charge in [0.05, 0.1) is 18.5 Å². The summed E-state index contributed by atoms with van der Waals surface area (Å²) in [7, 11) is 0. The third-order valence-electron chi connectivity index (χ3n) is 4.62. The molecule has 0 bridgehead atoms. The monoisotopic (exact) mass is 313 g/mol. The predicted octanol–water partition coefficient (Wildman–Crippen LogP) is 1.39. The lowest BCUT2D eigenvalue weighted by atomic mass is 10.0. The highest BCUT2D eigenvalue weighted by Gasteiger charge is 2.25. The van der Waals surface area contributed by atoms with Gasteiger partial charge in [-0.25, -0.2) is 0 Å². The predicted molar refractivity (Wildman–Crippen MR) is 89.8 cm³/mol. The van der Waals surface area contributed by atoms with E-state index in [9.17, 15) is 9.90 Å². The number of aryl methyl sites for hydroxylation is 1. The number of rotatable bonds is 4. The van der Waals surface area contributed by atoms with Crippen LogP contribution in [0.1, 0.15) is 23.2 Å². The first-order chi connectivity index (χ1) is 11.1. The van der Waals surface area contributed by atoms with Gasteiger partial charge < -0.3 is 15.7 Å². The summed E-state index contributed by atoms with van der Waals surface area (Å²) in [6.07, 6.45) is 1.33. The summed E-state index contributed by atoms with van der Waals surface area (Å²) in [5, 5.41) is 10.5. The smallest absolute Gasteiger partial charge is 0.227 e. The van der Waals surface area contributed by atoms with E-state index in [4.69, 9.17) is 5.73 Å². The molecule has 2 aromatic rings. The number of pyridine rings is 1. The number of fused-ring (bicyclic) bond motifs is 1. The van der Waals surface area contributed by atoms with Crippen molar-refractivity contribution in [2.45, 2.75) is 26.4 Å². The number of carbonyl (C=O) groups is 1. The molecule has 23 heavy (non-hydrogen) atoms. The molecule has 0 spiro atoms. The molecule has 1 amide bonds. The summed E-state index contributed by atoms with van der Waals surface area (Å²) >= 11 is 0. The summed E-state index contributed by atoms with van der Waals surface area (Å²) in [5.41, 5.74) is 9.14. The van der Waals surface area contributed by atoms with Gasteiger partial charge in [-0.3, -0.25) is 9.78 Å². The van der Waals surface area contributed by atoms with Crippen LogP contribution in [0.5, 0.6) is 0 Å². The number of likely N-dealkylation sites (tertiary alicyclic amines) is 1. The molecule has 5 heteroatoms. The highest BCUT2D eigenvalue weighted by Crippen LogP contribution is 2.24. The Hall–Kier alpha value is -1.98. The molecule has 0 unspecified atom stereocenters. The number of amides is 1. The van der Waals surface area contributed by atoms with Crippen LogP contribution in [0.4, 0.5) is 0 Å². The lowest BCUT2D eigenvalue weighted by Gasteiger charge is -2.17. The largest absolute Gasteiger partial charge is 0.392 e. The van der Waals surface area contributed by atoms with E-state index in [1.807, 2.05) is 36.1 Å². The number of para-hydroxylation sites is 1. The van der Waals surface area contributed by atoms with E-state index in [-0.39, 0.29) is 12.5 Å². The van der Waals surface area contributed by atoms with E-state index in [1.165, 1.54) is 0 Å². The van der Waals surface area contributed by atoms with Gasteiger partial charge in [0.25, 0.3) is 0 Å². The maximum atomic E-state index is 12.6. The Morgan fingerprint density at radius 2 is 2.26 bits per heavy atom. The van der Waals surface area contributed by atoms with Crippen LogP contribution >= 0.6 is 0 Å². The highest BCUT2D eigenvalue weighted by molar-refractivity contribution is 5.89. The molecule has 0 aliphatic carbocycles. The van der Waals surface area contributed by atoms with Gasteiger partial charge in [0, 0.05) is 24.2 Å². The fraction of sp³-hybridized carbons (Fsp3) is 0.444. The number of carbonyl (C=O) groups excluding carboxylic acids is 1. The molecule has 0 saturated carbocycles. The second-order valence-electron chi connectivity index (χ2n) is 6.30. The van der Waals surface area contributed by atoms with Crippen LogP contribution in [-0.2, 0) is 17.8 Å². The van der Waals surface area contributed by atoms with E-state index >= 15 is 0 Å². The lowest BCUT2D eigenvalue weighted by Crippen LogP contribution is -2.31. The Labute approximate surface area is 136 Å². The minimum absolute atomic E-state index is 0.0262. The average molecular weight is 313 g/mol. The number of nitrogens with two attached hydrogens (primary N) is 1. The van der Waals surface area contributed by atoms with E-state index < -0.39 is 0 Å². The molecule has 1 aromatic heterocycles. The third kappa shape index (κ3) is 3.21. The van der Waals surface area contributed by atoms with Gasteiger partial charge in [-0.1, -0.05) is 18.2 Å². The summed E-state index contributed by atoms with van der Waals surface area (Å²) < 4.78 is 0. The third-order valence-corrected chi connectivity index (χ3v) is 4.62. The minimum atomic E-state index is -0.0262. The van der Waals surface area contributed by atoms with E-state index in [2.05, 4.69) is 4.98 Å². The number of aliphatic hydroxyl groups is 1. The van der Waals surface area contributed by atoms with Crippen molar-refractivity contribution in [3.63, 3.8) is 0 Å². The molecule has 1 aliphatic rings. The summed E-state index contributed by atoms with van der Waals surface area (Å²) in [5.74, 6) is 0.551. The molecular weight excluding hydrogens is 290 g/mol. The first-order valence-electron chi connectivity index (χ1n) is 8.09. The molecule has 1 aliphatic heterocycles. The number of aliphatic hydroxyl groups excluding tert-OH is 1. The van der Waals surface area contributed by atoms with E-state index in [0.29, 0.717) is 18.9 Å². The number of aromatic nitrogens is 1. The fourth-order valence-electron chi connectivity index (χ4n) is 3.32. The molecule has 1 atom stereocenters. The molecule has 3 N–H and O–H groups in total. The Bertz CT molecular complexity index is 730. The second kappa shape index (κ2) is 6.64. The number of nitrogens with zero attached hydrogens (tertiary/aromatic N) is 2. The van der Waals surface area contributed by atoms with Crippen molar-refractivity contribution in [1.82, 2.24) is 9.88 Å². The zero-order valence-corrected chi connectivity index (χ0v) is 13.5. The molecule has 3 rings (SSSR count). The van der Waals surface area contributed by atoms with Gasteiger partial charge in [0.15, 0.2) is 0 Å². The SMILES string of the molecule is Cc1cc(CO)c2cccc(CC(=O)N3CC[C@@H](CN)C3)c2n1. The molecule has 0 radical (unpaired) electrons. The quantitative estimate of drug-likeness (QED) is 0.894. The van der Waals surface area contributed by atoms with Crippen molar-refractivity contribution in [3.05, 3.63) is 41.1 Å². The van der Waals surface area contributed by atoms with Crippen LogP contribution in [0.2, 0.25) is 0 Å². The highest BCUT2D eigenvalue weighted by atomic mass is 16.3. The molecule has 2 heterocycles. The van der Waals surface area contributed by atoms with E-state index in [1.54, 1.807) is 0 Å².